The molecule has 0 bridgehead atoms. The normalized spacial score (nSPS) is 11.0. The van der Waals surface area contributed by atoms with Gasteiger partial charge in [-0.3, -0.25) is 9.97 Å². The van der Waals surface area contributed by atoms with Crippen LogP contribution in [0.4, 0.5) is 0 Å². The Kier molecular flexibility index (Phi) is 1.93. The summed E-state index contributed by atoms with van der Waals surface area (Å²) in [5.74, 6) is 0.414. The van der Waals surface area contributed by atoms with Crippen LogP contribution in [0.5, 0.6) is 0 Å². The Morgan fingerprint density at radius 3 is 2.77 bits per heavy atom. The highest BCUT2D eigenvalue weighted by molar-refractivity contribution is 5.72. The maximum absolute atomic E-state index is 4.45. The van der Waals surface area contributed by atoms with Gasteiger partial charge in [-0.2, -0.15) is 0 Å². The van der Waals surface area contributed by atoms with E-state index in [1.807, 2.05) is 12.3 Å². The zero-order valence-corrected chi connectivity index (χ0v) is 7.73. The Hall–Kier alpha value is -1.51. The molecule has 13 heavy (non-hydrogen) atoms. The fourth-order valence-corrected chi connectivity index (χ4v) is 1.16. The van der Waals surface area contributed by atoms with E-state index in [-0.39, 0.29) is 0 Å². The van der Waals surface area contributed by atoms with Gasteiger partial charge in [-0.25, -0.2) is 4.98 Å². The van der Waals surface area contributed by atoms with Crippen LogP contribution >= 0.6 is 0 Å². The summed E-state index contributed by atoms with van der Waals surface area (Å²) in [5.41, 5.74) is 2.79. The van der Waals surface area contributed by atoms with Crippen LogP contribution < -0.4 is 0 Å². The Morgan fingerprint density at radius 1 is 1.15 bits per heavy atom. The standard InChI is InChI=1S/C10H11N3/c1-7(2)9-6-12-8-3-4-11-5-10(8)13-9/h3-7H,1-2H3. The van der Waals surface area contributed by atoms with Crippen LogP contribution in [-0.4, -0.2) is 15.0 Å². The minimum Gasteiger partial charge on any atom is -0.262 e. The van der Waals surface area contributed by atoms with Gasteiger partial charge in [-0.15, -0.1) is 0 Å². The van der Waals surface area contributed by atoms with E-state index >= 15 is 0 Å². The maximum atomic E-state index is 4.45. The van der Waals surface area contributed by atoms with E-state index in [9.17, 15) is 0 Å². The highest BCUT2D eigenvalue weighted by Crippen LogP contribution is 2.13. The molecule has 2 rings (SSSR count). The van der Waals surface area contributed by atoms with Crippen LogP contribution in [0.25, 0.3) is 11.0 Å². The minimum atomic E-state index is 0.414. The molecule has 0 spiro atoms. The van der Waals surface area contributed by atoms with Crippen LogP contribution in [-0.2, 0) is 0 Å². The molecular weight excluding hydrogens is 162 g/mol. The van der Waals surface area contributed by atoms with Gasteiger partial charge in [0.25, 0.3) is 0 Å². The molecule has 0 aliphatic rings. The highest BCUT2D eigenvalue weighted by atomic mass is 14.8. The van der Waals surface area contributed by atoms with Crippen molar-refractivity contribution in [1.82, 2.24) is 15.0 Å². The highest BCUT2D eigenvalue weighted by Gasteiger charge is 2.02. The lowest BCUT2D eigenvalue weighted by Crippen LogP contribution is -1.94. The van der Waals surface area contributed by atoms with Gasteiger partial charge in [-0.05, 0) is 12.0 Å². The lowest BCUT2D eigenvalue weighted by atomic mass is 10.1. The van der Waals surface area contributed by atoms with Crippen molar-refractivity contribution in [3.8, 4) is 0 Å². The summed E-state index contributed by atoms with van der Waals surface area (Å²) in [6.45, 7) is 4.21. The first-order valence-corrected chi connectivity index (χ1v) is 4.34. The Morgan fingerprint density at radius 2 is 2.00 bits per heavy atom. The van der Waals surface area contributed by atoms with Gasteiger partial charge in [0.1, 0.15) is 5.52 Å². The van der Waals surface area contributed by atoms with E-state index < -0.39 is 0 Å². The van der Waals surface area contributed by atoms with Gasteiger partial charge in [0.2, 0.25) is 0 Å². The van der Waals surface area contributed by atoms with Crippen molar-refractivity contribution in [2.24, 2.45) is 0 Å². The van der Waals surface area contributed by atoms with Crippen molar-refractivity contribution >= 4 is 11.0 Å². The smallest absolute Gasteiger partial charge is 0.107 e. The molecule has 0 aromatic carbocycles. The van der Waals surface area contributed by atoms with Crippen molar-refractivity contribution in [1.29, 1.82) is 0 Å². The molecule has 66 valence electrons. The minimum absolute atomic E-state index is 0.414. The van der Waals surface area contributed by atoms with Gasteiger partial charge in [-0.1, -0.05) is 13.8 Å². The molecule has 0 saturated heterocycles. The molecule has 0 amide bonds. The summed E-state index contributed by atoms with van der Waals surface area (Å²) < 4.78 is 0. The molecule has 0 aliphatic heterocycles. The van der Waals surface area contributed by atoms with Crippen LogP contribution in [0.15, 0.2) is 24.7 Å². The predicted molar refractivity (Wildman–Crippen MR) is 51.4 cm³/mol. The summed E-state index contributed by atoms with van der Waals surface area (Å²) in [6.07, 6.45) is 5.30. The van der Waals surface area contributed by atoms with Gasteiger partial charge in [0.05, 0.1) is 17.4 Å². The van der Waals surface area contributed by atoms with Crippen LogP contribution in [0.1, 0.15) is 25.5 Å². The Labute approximate surface area is 76.9 Å². The van der Waals surface area contributed by atoms with E-state index in [1.54, 1.807) is 12.4 Å². The van der Waals surface area contributed by atoms with Gasteiger partial charge in [0.15, 0.2) is 0 Å². The van der Waals surface area contributed by atoms with Gasteiger partial charge in [0, 0.05) is 12.4 Å². The molecule has 2 aromatic rings. The van der Waals surface area contributed by atoms with Crippen LogP contribution in [0.2, 0.25) is 0 Å². The molecule has 0 N–H and O–H groups in total. The third-order valence-electron chi connectivity index (χ3n) is 1.95. The third kappa shape index (κ3) is 1.49. The fraction of sp³-hybridized carbons (Fsp3) is 0.300. The average Bonchev–Trinajstić information content (AvgIpc) is 2.17. The number of aromatic nitrogens is 3. The maximum Gasteiger partial charge on any atom is 0.107 e. The van der Waals surface area contributed by atoms with Crippen molar-refractivity contribution in [3.63, 3.8) is 0 Å². The molecule has 2 aromatic heterocycles. The summed E-state index contributed by atoms with van der Waals surface area (Å²) in [7, 11) is 0. The summed E-state index contributed by atoms with van der Waals surface area (Å²) in [6, 6.07) is 1.87. The molecule has 3 heteroatoms. The predicted octanol–water partition coefficient (Wildman–Crippen LogP) is 2.15. The molecular formula is C10H11N3. The molecule has 0 radical (unpaired) electrons. The number of pyridine rings is 1. The second-order valence-electron chi connectivity index (χ2n) is 3.31. The first-order chi connectivity index (χ1) is 6.27. The van der Waals surface area contributed by atoms with E-state index in [1.165, 1.54) is 0 Å². The Balaban J connectivity index is 2.62. The van der Waals surface area contributed by atoms with E-state index in [2.05, 4.69) is 28.8 Å². The monoisotopic (exact) mass is 173 g/mol. The quantitative estimate of drug-likeness (QED) is 0.663. The Bertz CT molecular complexity index is 423. The van der Waals surface area contributed by atoms with E-state index in [0.717, 1.165) is 16.7 Å². The first-order valence-electron chi connectivity index (χ1n) is 4.34. The van der Waals surface area contributed by atoms with Gasteiger partial charge >= 0.3 is 0 Å². The van der Waals surface area contributed by atoms with Crippen molar-refractivity contribution in [2.45, 2.75) is 19.8 Å². The number of rotatable bonds is 1. The fourth-order valence-electron chi connectivity index (χ4n) is 1.16. The average molecular weight is 173 g/mol. The molecule has 0 atom stereocenters. The van der Waals surface area contributed by atoms with Crippen LogP contribution in [0.3, 0.4) is 0 Å². The number of nitrogens with zero attached hydrogens (tertiary/aromatic N) is 3. The zero-order chi connectivity index (χ0) is 9.26. The molecule has 0 aliphatic carbocycles. The lowest BCUT2D eigenvalue weighted by molar-refractivity contribution is 0.821. The van der Waals surface area contributed by atoms with Crippen molar-refractivity contribution in [2.75, 3.05) is 0 Å². The summed E-state index contributed by atoms with van der Waals surface area (Å²) in [5, 5.41) is 0. The van der Waals surface area contributed by atoms with Crippen molar-refractivity contribution < 1.29 is 0 Å². The summed E-state index contributed by atoms with van der Waals surface area (Å²) >= 11 is 0. The zero-order valence-electron chi connectivity index (χ0n) is 7.73. The van der Waals surface area contributed by atoms with Gasteiger partial charge < -0.3 is 0 Å². The largest absolute Gasteiger partial charge is 0.262 e. The number of fused-ring (bicyclic) bond motifs is 1. The third-order valence-corrected chi connectivity index (χ3v) is 1.95. The van der Waals surface area contributed by atoms with E-state index in [4.69, 9.17) is 0 Å². The number of hydrogen-bond donors (Lipinski definition) is 0. The second kappa shape index (κ2) is 3.09. The SMILES string of the molecule is CC(C)c1cnc2ccncc2n1. The second-order valence-corrected chi connectivity index (χ2v) is 3.31. The van der Waals surface area contributed by atoms with E-state index in [0.29, 0.717) is 5.92 Å². The first kappa shape index (κ1) is 8.10. The number of hydrogen-bond acceptors (Lipinski definition) is 3. The van der Waals surface area contributed by atoms with Crippen LogP contribution in [0, 0.1) is 0 Å². The lowest BCUT2D eigenvalue weighted by Gasteiger charge is -2.03. The van der Waals surface area contributed by atoms with Crippen molar-refractivity contribution in [3.05, 3.63) is 30.4 Å². The molecule has 0 unspecified atom stereocenters. The molecule has 2 heterocycles. The molecule has 0 fully saturated rings. The molecule has 0 saturated carbocycles. The summed E-state index contributed by atoms with van der Waals surface area (Å²) in [4.78, 5) is 12.8. The molecule has 3 nitrogen and oxygen atoms in total. The topological polar surface area (TPSA) is 38.7 Å².